The fourth-order valence-electron chi connectivity index (χ4n) is 0.882. The van der Waals surface area contributed by atoms with E-state index in [-0.39, 0.29) is 29.9 Å². The van der Waals surface area contributed by atoms with Crippen molar-refractivity contribution in [3.05, 3.63) is 40.9 Å². The van der Waals surface area contributed by atoms with Gasteiger partial charge in [-0.3, -0.25) is 0 Å². The summed E-state index contributed by atoms with van der Waals surface area (Å²) in [5.41, 5.74) is 1.06. The van der Waals surface area contributed by atoms with E-state index in [0.717, 1.165) is 10.0 Å². The Morgan fingerprint density at radius 3 is 2.43 bits per heavy atom. The molecule has 2 nitrogen and oxygen atoms in total. The fraction of sp³-hybridized carbons (Fsp3) is 0. The van der Waals surface area contributed by atoms with Gasteiger partial charge in [-0.25, -0.2) is 0 Å². The first-order valence-electron chi connectivity index (χ1n) is 3.74. The summed E-state index contributed by atoms with van der Waals surface area (Å²) < 4.78 is 1.02. The first kappa shape index (κ1) is 11.1. The van der Waals surface area contributed by atoms with Gasteiger partial charge >= 0.3 is 95.7 Å². The Morgan fingerprint density at radius 1 is 1.14 bits per heavy atom. The zero-order valence-electron chi connectivity index (χ0n) is 7.18. The van der Waals surface area contributed by atoms with Crippen LogP contribution in [0.1, 0.15) is 5.56 Å². The van der Waals surface area contributed by atoms with Crippen molar-refractivity contribution in [1.82, 2.24) is 0 Å². The average Bonchev–Trinajstić information content (AvgIpc) is 2.25. The van der Waals surface area contributed by atoms with Crippen molar-refractivity contribution in [1.29, 1.82) is 10.5 Å². The van der Waals surface area contributed by atoms with Gasteiger partial charge < -0.3 is 0 Å². The molecule has 0 unspecified atom stereocenters. The third-order valence-corrected chi connectivity index (χ3v) is 4.55. The van der Waals surface area contributed by atoms with Crippen LogP contribution in [0.4, 0.5) is 0 Å². The van der Waals surface area contributed by atoms with E-state index in [4.69, 9.17) is 10.5 Å². The Hall–Kier alpha value is -1.02. The molecule has 0 amide bonds. The molecule has 0 N–H and O–H groups in total. The summed E-state index contributed by atoms with van der Waals surface area (Å²) in [7, 11) is 0. The summed E-state index contributed by atoms with van der Waals surface area (Å²) in [6.45, 7) is 0. The zero-order valence-corrected chi connectivity index (χ0v) is 10.6. The molecule has 0 fully saturated rings. The van der Waals surface area contributed by atoms with E-state index < -0.39 is 0 Å². The van der Waals surface area contributed by atoms with Crippen molar-refractivity contribution in [2.24, 2.45) is 0 Å². The SMILES string of the molecule is N#C[Se]C=C([Se]C#N)c1ccccc1. The Bertz CT molecular complexity index is 398. The van der Waals surface area contributed by atoms with Crippen molar-refractivity contribution in [2.75, 3.05) is 0 Å². The van der Waals surface area contributed by atoms with Crippen LogP contribution in [0, 0.1) is 20.5 Å². The second-order valence-corrected chi connectivity index (χ2v) is 5.36. The van der Waals surface area contributed by atoms with Crippen LogP contribution in [-0.4, -0.2) is 29.9 Å². The maximum absolute atomic E-state index is 8.66. The normalized spacial score (nSPS) is 10.3. The van der Waals surface area contributed by atoms with Crippen LogP contribution in [0.3, 0.4) is 0 Å². The molecule has 1 rings (SSSR count). The quantitative estimate of drug-likeness (QED) is 0.791. The van der Waals surface area contributed by atoms with Gasteiger partial charge in [0.15, 0.2) is 0 Å². The van der Waals surface area contributed by atoms with Crippen LogP contribution in [0.25, 0.3) is 4.47 Å². The molecular formula is C10H6N2Se2. The number of rotatable bonds is 3. The summed E-state index contributed by atoms with van der Waals surface area (Å²) in [5, 5.41) is 17.1. The van der Waals surface area contributed by atoms with E-state index in [2.05, 4.69) is 9.94 Å². The van der Waals surface area contributed by atoms with E-state index in [1.807, 2.05) is 35.3 Å². The molecule has 14 heavy (non-hydrogen) atoms. The zero-order chi connectivity index (χ0) is 10.2. The van der Waals surface area contributed by atoms with Gasteiger partial charge in [-0.1, -0.05) is 0 Å². The van der Waals surface area contributed by atoms with Gasteiger partial charge in [0.05, 0.1) is 0 Å². The number of benzene rings is 1. The van der Waals surface area contributed by atoms with E-state index in [1.54, 1.807) is 0 Å². The van der Waals surface area contributed by atoms with E-state index in [1.165, 1.54) is 0 Å². The second-order valence-electron chi connectivity index (χ2n) is 2.25. The fourth-order valence-corrected chi connectivity index (χ4v) is 3.39. The molecule has 4 heteroatoms. The number of nitrogens with zero attached hydrogens (tertiary/aromatic N) is 2. The molecule has 0 radical (unpaired) electrons. The molecule has 0 aliphatic carbocycles. The molecule has 0 spiro atoms. The summed E-state index contributed by atoms with van der Waals surface area (Å²) in [5.74, 6) is 0. The average molecular weight is 312 g/mol. The van der Waals surface area contributed by atoms with E-state index >= 15 is 0 Å². The molecule has 0 bridgehead atoms. The van der Waals surface area contributed by atoms with Gasteiger partial charge in [0.1, 0.15) is 0 Å². The van der Waals surface area contributed by atoms with Crippen molar-refractivity contribution < 1.29 is 0 Å². The number of hydrogen-bond donors (Lipinski definition) is 0. The minimum absolute atomic E-state index is 0.149. The van der Waals surface area contributed by atoms with Gasteiger partial charge in [-0.05, 0) is 0 Å². The first-order chi connectivity index (χ1) is 6.88. The molecule has 0 atom stereocenters. The second kappa shape index (κ2) is 6.44. The van der Waals surface area contributed by atoms with Gasteiger partial charge in [-0.2, -0.15) is 0 Å². The molecule has 0 heterocycles. The summed E-state index contributed by atoms with van der Waals surface area (Å²) in [6, 6.07) is 9.76. The molecule has 0 saturated heterocycles. The van der Waals surface area contributed by atoms with Crippen LogP contribution in [0.2, 0.25) is 0 Å². The molecule has 1 aromatic carbocycles. The van der Waals surface area contributed by atoms with Gasteiger partial charge in [0.25, 0.3) is 0 Å². The summed E-state index contributed by atoms with van der Waals surface area (Å²) in [6.07, 6.45) is 0. The van der Waals surface area contributed by atoms with Gasteiger partial charge in [-0.15, -0.1) is 0 Å². The molecule has 68 valence electrons. The third kappa shape index (κ3) is 3.38. The molecule has 1 aromatic rings. The Morgan fingerprint density at radius 2 is 1.86 bits per heavy atom. The molecule has 0 aliphatic rings. The summed E-state index contributed by atoms with van der Waals surface area (Å²) >= 11 is -0.330. The van der Waals surface area contributed by atoms with Crippen molar-refractivity contribution >= 4 is 34.4 Å². The van der Waals surface area contributed by atoms with E-state index in [9.17, 15) is 0 Å². The van der Waals surface area contributed by atoms with Crippen molar-refractivity contribution in [2.45, 2.75) is 0 Å². The Kier molecular flexibility index (Phi) is 5.08. The van der Waals surface area contributed by atoms with E-state index in [0.29, 0.717) is 0 Å². The Labute approximate surface area is 95.5 Å². The predicted molar refractivity (Wildman–Crippen MR) is 57.2 cm³/mol. The van der Waals surface area contributed by atoms with Gasteiger partial charge in [0, 0.05) is 0 Å². The monoisotopic (exact) mass is 314 g/mol. The van der Waals surface area contributed by atoms with Crippen LogP contribution >= 0.6 is 0 Å². The Balaban J connectivity index is 2.91. The number of hydrogen-bond acceptors (Lipinski definition) is 2. The predicted octanol–water partition coefficient (Wildman–Crippen LogP) is 1.36. The first-order valence-corrected chi connectivity index (χ1v) is 7.30. The maximum atomic E-state index is 8.66. The number of nitriles is 2. The standard InChI is InChI=1S/C10H6N2Se2/c11-7-13-6-10(14-8-12)9-4-2-1-3-5-9/h1-6H. The molecule has 0 aromatic heterocycles. The van der Waals surface area contributed by atoms with Crippen molar-refractivity contribution in [3.63, 3.8) is 0 Å². The van der Waals surface area contributed by atoms with Crippen LogP contribution < -0.4 is 0 Å². The van der Waals surface area contributed by atoms with Crippen LogP contribution in [0.5, 0.6) is 0 Å². The molecular weight excluding hydrogens is 306 g/mol. The third-order valence-electron chi connectivity index (χ3n) is 1.43. The topological polar surface area (TPSA) is 47.6 Å². The van der Waals surface area contributed by atoms with Gasteiger partial charge in [0.2, 0.25) is 0 Å². The molecule has 0 aliphatic heterocycles. The van der Waals surface area contributed by atoms with Crippen LogP contribution in [-0.2, 0) is 0 Å². The molecule has 0 saturated carbocycles. The minimum atomic E-state index is -0.181. The van der Waals surface area contributed by atoms with Crippen molar-refractivity contribution in [3.8, 4) is 9.94 Å². The van der Waals surface area contributed by atoms with Crippen LogP contribution in [0.15, 0.2) is 35.3 Å². The summed E-state index contributed by atoms with van der Waals surface area (Å²) in [4.78, 5) is 6.18.